The van der Waals surface area contributed by atoms with Crippen LogP contribution < -0.4 is 0 Å². The van der Waals surface area contributed by atoms with Gasteiger partial charge in [-0.3, -0.25) is 0 Å². The van der Waals surface area contributed by atoms with Gasteiger partial charge in [0.15, 0.2) is 6.29 Å². The van der Waals surface area contributed by atoms with E-state index in [0.29, 0.717) is 0 Å². The maximum absolute atomic E-state index is 10.7. The van der Waals surface area contributed by atoms with Crippen molar-refractivity contribution in [1.82, 2.24) is 0 Å². The first-order valence-corrected chi connectivity index (χ1v) is 4.84. The highest BCUT2D eigenvalue weighted by atomic mass is 16.4. The van der Waals surface area contributed by atoms with Gasteiger partial charge in [-0.05, 0) is 27.7 Å². The Bertz CT molecular complexity index is 266. The third kappa shape index (κ3) is 1.99. The molecule has 4 unspecified atom stereocenters. The van der Waals surface area contributed by atoms with Crippen molar-refractivity contribution in [2.24, 2.45) is 0 Å². The number of rotatable bonds is 5. The Morgan fingerprint density at radius 1 is 0.938 bits per heavy atom. The van der Waals surface area contributed by atoms with Crippen molar-refractivity contribution in [2.45, 2.75) is 50.1 Å². The Hall–Kier alpha value is -0.530. The quantitative estimate of drug-likeness (QED) is 0.359. The molecule has 16 heavy (non-hydrogen) atoms. The van der Waals surface area contributed by atoms with Gasteiger partial charge in [0.2, 0.25) is 0 Å². The van der Waals surface area contributed by atoms with Gasteiger partial charge < -0.3 is 30.3 Å². The SMILES string of the molecule is CC(O)(C=O)C(C)(O)C(C)(O)C(C)(O)CO. The van der Waals surface area contributed by atoms with E-state index in [2.05, 4.69) is 0 Å². The molecule has 0 aliphatic rings. The van der Waals surface area contributed by atoms with Crippen molar-refractivity contribution < 1.29 is 30.3 Å². The molecule has 0 bridgehead atoms. The van der Waals surface area contributed by atoms with Crippen molar-refractivity contribution in [3.63, 3.8) is 0 Å². The first kappa shape index (κ1) is 15.5. The topological polar surface area (TPSA) is 118 Å². The summed E-state index contributed by atoms with van der Waals surface area (Å²) in [6.45, 7) is 3.28. The molecule has 96 valence electrons. The molecular formula is C10H20O6. The van der Waals surface area contributed by atoms with Gasteiger partial charge in [0.1, 0.15) is 22.4 Å². The maximum Gasteiger partial charge on any atom is 0.154 e. The van der Waals surface area contributed by atoms with E-state index in [1.54, 1.807) is 0 Å². The minimum absolute atomic E-state index is 0.0644. The van der Waals surface area contributed by atoms with E-state index in [1.165, 1.54) is 0 Å². The summed E-state index contributed by atoms with van der Waals surface area (Å²) >= 11 is 0. The third-order valence-corrected chi connectivity index (χ3v) is 3.52. The number of aliphatic hydroxyl groups excluding tert-OH is 1. The molecule has 6 nitrogen and oxygen atoms in total. The summed E-state index contributed by atoms with van der Waals surface area (Å²) in [6.07, 6.45) is 0.0644. The van der Waals surface area contributed by atoms with Crippen LogP contribution in [0.25, 0.3) is 0 Å². The summed E-state index contributed by atoms with van der Waals surface area (Å²) in [6, 6.07) is 0. The summed E-state index contributed by atoms with van der Waals surface area (Å²) in [5.74, 6) is 0. The number of carbonyl (C=O) groups is 1. The van der Waals surface area contributed by atoms with Crippen molar-refractivity contribution in [3.8, 4) is 0 Å². The summed E-state index contributed by atoms with van der Waals surface area (Å²) in [4.78, 5) is 10.7. The van der Waals surface area contributed by atoms with Crippen molar-refractivity contribution in [3.05, 3.63) is 0 Å². The molecule has 0 saturated carbocycles. The zero-order chi connectivity index (χ0) is 13.4. The minimum atomic E-state index is -2.34. The second-order valence-electron chi connectivity index (χ2n) is 4.84. The monoisotopic (exact) mass is 236 g/mol. The highest BCUT2D eigenvalue weighted by Gasteiger charge is 2.61. The largest absolute Gasteiger partial charge is 0.393 e. The van der Waals surface area contributed by atoms with Gasteiger partial charge in [-0.25, -0.2) is 0 Å². The normalized spacial score (nSPS) is 27.1. The molecule has 0 rings (SSSR count). The van der Waals surface area contributed by atoms with Crippen LogP contribution in [0.5, 0.6) is 0 Å². The average molecular weight is 236 g/mol. The molecule has 5 N–H and O–H groups in total. The predicted octanol–water partition coefficient (Wildman–Crippen LogP) is -1.82. The van der Waals surface area contributed by atoms with E-state index in [0.717, 1.165) is 27.7 Å². The molecule has 0 aliphatic carbocycles. The number of hydrogen-bond acceptors (Lipinski definition) is 6. The Balaban J connectivity index is 5.55. The molecule has 0 aromatic carbocycles. The van der Waals surface area contributed by atoms with Crippen LogP contribution in [0, 0.1) is 0 Å². The van der Waals surface area contributed by atoms with Gasteiger partial charge in [-0.1, -0.05) is 0 Å². The fourth-order valence-corrected chi connectivity index (χ4v) is 1.29. The van der Waals surface area contributed by atoms with Gasteiger partial charge in [0, 0.05) is 0 Å². The molecule has 0 spiro atoms. The zero-order valence-corrected chi connectivity index (χ0v) is 9.93. The van der Waals surface area contributed by atoms with E-state index in [1.807, 2.05) is 0 Å². The van der Waals surface area contributed by atoms with Crippen LogP contribution >= 0.6 is 0 Å². The van der Waals surface area contributed by atoms with Gasteiger partial charge in [0.25, 0.3) is 0 Å². The van der Waals surface area contributed by atoms with E-state index >= 15 is 0 Å². The van der Waals surface area contributed by atoms with Crippen molar-refractivity contribution in [2.75, 3.05) is 6.61 Å². The lowest BCUT2D eigenvalue weighted by atomic mass is 9.67. The summed E-state index contributed by atoms with van der Waals surface area (Å²) in [5, 5.41) is 48.5. The van der Waals surface area contributed by atoms with Gasteiger partial charge in [-0.15, -0.1) is 0 Å². The molecule has 0 radical (unpaired) electrons. The van der Waals surface area contributed by atoms with Gasteiger partial charge >= 0.3 is 0 Å². The fraction of sp³-hybridized carbons (Fsp3) is 0.900. The van der Waals surface area contributed by atoms with Gasteiger partial charge in [-0.2, -0.15) is 0 Å². The molecule has 0 aliphatic heterocycles. The Kier molecular flexibility index (Phi) is 3.91. The van der Waals surface area contributed by atoms with Crippen LogP contribution in [-0.4, -0.2) is 60.8 Å². The highest BCUT2D eigenvalue weighted by Crippen LogP contribution is 2.38. The molecule has 4 atom stereocenters. The smallest absolute Gasteiger partial charge is 0.154 e. The third-order valence-electron chi connectivity index (χ3n) is 3.52. The molecule has 0 aromatic rings. The van der Waals surface area contributed by atoms with Crippen molar-refractivity contribution in [1.29, 1.82) is 0 Å². The zero-order valence-electron chi connectivity index (χ0n) is 9.93. The Labute approximate surface area is 94.2 Å². The first-order chi connectivity index (χ1) is 6.87. The summed E-state index contributed by atoms with van der Waals surface area (Å²) in [7, 11) is 0. The molecular weight excluding hydrogens is 216 g/mol. The Morgan fingerprint density at radius 2 is 1.31 bits per heavy atom. The Morgan fingerprint density at radius 3 is 1.56 bits per heavy atom. The van der Waals surface area contributed by atoms with Crippen LogP contribution in [0.2, 0.25) is 0 Å². The molecule has 6 heteroatoms. The van der Waals surface area contributed by atoms with E-state index in [9.17, 15) is 25.2 Å². The lowest BCUT2D eigenvalue weighted by Gasteiger charge is -2.51. The molecule has 0 heterocycles. The van der Waals surface area contributed by atoms with Crippen LogP contribution in [-0.2, 0) is 4.79 Å². The van der Waals surface area contributed by atoms with Crippen molar-refractivity contribution >= 4 is 6.29 Å². The van der Waals surface area contributed by atoms with Crippen LogP contribution in [0.3, 0.4) is 0 Å². The summed E-state index contributed by atoms with van der Waals surface area (Å²) in [5.41, 5.74) is -8.98. The van der Waals surface area contributed by atoms with Crippen LogP contribution in [0.1, 0.15) is 27.7 Å². The maximum atomic E-state index is 10.7. The second-order valence-corrected chi connectivity index (χ2v) is 4.84. The second kappa shape index (κ2) is 4.05. The van der Waals surface area contributed by atoms with Crippen LogP contribution in [0.15, 0.2) is 0 Å². The lowest BCUT2D eigenvalue weighted by Crippen LogP contribution is -2.73. The average Bonchev–Trinajstić information content (AvgIpc) is 2.16. The van der Waals surface area contributed by atoms with E-state index in [-0.39, 0.29) is 6.29 Å². The summed E-state index contributed by atoms with van der Waals surface area (Å²) < 4.78 is 0. The fourth-order valence-electron chi connectivity index (χ4n) is 1.29. The molecule has 0 saturated heterocycles. The first-order valence-electron chi connectivity index (χ1n) is 4.84. The molecule has 0 fully saturated rings. The predicted molar refractivity (Wildman–Crippen MR) is 55.6 cm³/mol. The number of aldehydes is 1. The highest BCUT2D eigenvalue weighted by molar-refractivity contribution is 5.64. The molecule has 0 aromatic heterocycles. The number of carbonyl (C=O) groups excluding carboxylic acids is 1. The van der Waals surface area contributed by atoms with E-state index in [4.69, 9.17) is 5.11 Å². The van der Waals surface area contributed by atoms with E-state index < -0.39 is 29.0 Å². The standard InChI is InChI=1S/C10H20O6/c1-7(13,5-11)9(3,15)10(4,16)8(2,14)6-12/h5,12-16H,6H2,1-4H3. The van der Waals surface area contributed by atoms with Crippen LogP contribution in [0.4, 0.5) is 0 Å². The number of hydrogen-bond donors (Lipinski definition) is 5. The minimum Gasteiger partial charge on any atom is -0.393 e. The number of aliphatic hydroxyl groups is 5. The molecule has 0 amide bonds. The van der Waals surface area contributed by atoms with Gasteiger partial charge in [0.05, 0.1) is 6.61 Å². The lowest BCUT2D eigenvalue weighted by molar-refractivity contribution is -0.276.